The summed E-state index contributed by atoms with van der Waals surface area (Å²) < 4.78 is 16.7. The van der Waals surface area contributed by atoms with Gasteiger partial charge in [-0.1, -0.05) is 42.3 Å². The molecule has 2 saturated heterocycles. The van der Waals surface area contributed by atoms with Crippen LogP contribution in [0, 0.1) is 5.92 Å². The van der Waals surface area contributed by atoms with E-state index in [0.717, 1.165) is 11.1 Å². The molecule has 36 heavy (non-hydrogen) atoms. The number of anilines is 1. The van der Waals surface area contributed by atoms with E-state index < -0.39 is 24.0 Å². The lowest BCUT2D eigenvalue weighted by atomic mass is 9.88. The summed E-state index contributed by atoms with van der Waals surface area (Å²) >= 11 is 6.55. The topological polar surface area (TPSA) is 121 Å². The fourth-order valence-corrected chi connectivity index (χ4v) is 5.17. The van der Waals surface area contributed by atoms with Crippen LogP contribution in [0.25, 0.3) is 0 Å². The Hall–Kier alpha value is -2.59. The summed E-state index contributed by atoms with van der Waals surface area (Å²) in [6.45, 7) is 3.79. The van der Waals surface area contributed by atoms with E-state index in [9.17, 15) is 19.8 Å². The molecule has 1 aromatic carbocycles. The van der Waals surface area contributed by atoms with Crippen molar-refractivity contribution in [2.45, 2.75) is 69.7 Å². The number of amides is 2. The van der Waals surface area contributed by atoms with Crippen molar-refractivity contribution >= 4 is 29.3 Å². The molecule has 4 bridgehead atoms. The number of alkyl carbamates (subject to hydrolysis) is 1. The maximum absolute atomic E-state index is 13.0. The lowest BCUT2D eigenvalue weighted by Gasteiger charge is -2.40. The first-order chi connectivity index (χ1) is 17.0. The number of hydrogen-bond donors (Lipinski definition) is 3. The predicted molar refractivity (Wildman–Crippen MR) is 134 cm³/mol. The molecule has 0 spiro atoms. The van der Waals surface area contributed by atoms with Crippen LogP contribution in [0.5, 0.6) is 5.75 Å². The van der Waals surface area contributed by atoms with E-state index in [0.29, 0.717) is 29.3 Å². The maximum Gasteiger partial charge on any atom is 0.409 e. The zero-order valence-corrected chi connectivity index (χ0v) is 21.6. The molecule has 196 valence electrons. The van der Waals surface area contributed by atoms with Gasteiger partial charge in [-0.25, -0.2) is 4.79 Å². The van der Waals surface area contributed by atoms with E-state index in [1.165, 1.54) is 18.1 Å². The average Bonchev–Trinajstić information content (AvgIpc) is 3.61. The van der Waals surface area contributed by atoms with Gasteiger partial charge in [-0.2, -0.15) is 0 Å². The number of aliphatic hydroxyl groups is 2. The number of halogens is 1. The summed E-state index contributed by atoms with van der Waals surface area (Å²) in [6.07, 6.45) is 2.92. The van der Waals surface area contributed by atoms with Crippen LogP contribution in [0.1, 0.15) is 38.7 Å². The Morgan fingerprint density at radius 1 is 1.28 bits per heavy atom. The van der Waals surface area contributed by atoms with Crippen molar-refractivity contribution in [2.24, 2.45) is 5.92 Å². The third-order valence-corrected chi connectivity index (χ3v) is 7.52. The van der Waals surface area contributed by atoms with Gasteiger partial charge in [0, 0.05) is 25.8 Å². The van der Waals surface area contributed by atoms with E-state index in [1.54, 1.807) is 19.2 Å². The Bertz CT molecular complexity index is 1090. The molecule has 2 fully saturated rings. The van der Waals surface area contributed by atoms with E-state index in [1.807, 2.05) is 26.0 Å². The van der Waals surface area contributed by atoms with Crippen LogP contribution < -0.4 is 15.0 Å². The van der Waals surface area contributed by atoms with Crippen molar-refractivity contribution in [1.82, 2.24) is 5.32 Å². The van der Waals surface area contributed by atoms with Gasteiger partial charge in [0.05, 0.1) is 25.0 Å². The van der Waals surface area contributed by atoms with Crippen molar-refractivity contribution in [2.75, 3.05) is 19.1 Å². The van der Waals surface area contributed by atoms with E-state index >= 15 is 0 Å². The number of aliphatic hydroxyl groups excluding tert-OH is 1. The molecule has 9 nitrogen and oxygen atoms in total. The number of carbonyl (C=O) groups excluding carboxylic acids is 2. The van der Waals surface area contributed by atoms with Crippen molar-refractivity contribution in [3.63, 3.8) is 0 Å². The number of nitrogens with one attached hydrogen (secondary N) is 1. The third kappa shape index (κ3) is 5.54. The molecular weight excluding hydrogens is 488 g/mol. The summed E-state index contributed by atoms with van der Waals surface area (Å²) in [6, 6.07) is 3.69. The Morgan fingerprint density at radius 2 is 2.03 bits per heavy atom. The number of nitrogens with zero attached hydrogens (tertiary/aromatic N) is 1. The predicted octanol–water partition coefficient (Wildman–Crippen LogP) is 3.10. The van der Waals surface area contributed by atoms with E-state index in [-0.39, 0.29) is 36.9 Å². The molecule has 3 heterocycles. The highest BCUT2D eigenvalue weighted by Crippen LogP contribution is 2.40. The standard InChI is InChI=1S/C26H33ClN2O7/c1-14-6-5-7-21(30)26(33)13-20(36-25(32)28-26)15(2)24-18(35-24)8-9-22(31)29(3)17-11-16(10-14)12-19(34-4)23(17)27/h5-7,11-12,15,18,20-21,24,30,33H,8-10,13H2,1-4H3,(H,28,32)/b7-5+,14-6+/t15-,18+,20+,21-,24+,26+/m1/s1. The van der Waals surface area contributed by atoms with Gasteiger partial charge in [0.15, 0.2) is 5.72 Å². The Balaban J connectivity index is 1.67. The van der Waals surface area contributed by atoms with Gasteiger partial charge in [0.25, 0.3) is 0 Å². The van der Waals surface area contributed by atoms with Crippen LogP contribution in [-0.4, -0.2) is 66.5 Å². The highest BCUT2D eigenvalue weighted by atomic mass is 35.5. The number of hydrogen-bond acceptors (Lipinski definition) is 7. The van der Waals surface area contributed by atoms with Crippen LogP contribution in [0.3, 0.4) is 0 Å². The molecule has 10 heteroatoms. The van der Waals surface area contributed by atoms with Crippen LogP contribution in [0.2, 0.25) is 5.02 Å². The van der Waals surface area contributed by atoms with Crippen molar-refractivity contribution in [3.8, 4) is 5.75 Å². The van der Waals surface area contributed by atoms with E-state index in [4.69, 9.17) is 25.8 Å². The summed E-state index contributed by atoms with van der Waals surface area (Å²) in [7, 11) is 3.21. The molecule has 4 rings (SSSR count). The minimum Gasteiger partial charge on any atom is -0.495 e. The van der Waals surface area contributed by atoms with Gasteiger partial charge in [-0.3, -0.25) is 10.1 Å². The highest BCUT2D eigenvalue weighted by Gasteiger charge is 2.52. The average molecular weight is 521 g/mol. The minimum absolute atomic E-state index is 0.00745. The number of benzene rings is 1. The smallest absolute Gasteiger partial charge is 0.409 e. The van der Waals surface area contributed by atoms with Crippen LogP contribution in [0.15, 0.2) is 35.9 Å². The number of fused-ring (bicyclic) bond motifs is 5. The zero-order chi connectivity index (χ0) is 26.2. The molecular formula is C26H33ClN2O7. The number of carbonyl (C=O) groups is 2. The lowest BCUT2D eigenvalue weighted by molar-refractivity contribution is -0.133. The number of rotatable bonds is 1. The second kappa shape index (κ2) is 10.4. The minimum atomic E-state index is -1.88. The zero-order valence-electron chi connectivity index (χ0n) is 20.9. The first kappa shape index (κ1) is 26.5. The monoisotopic (exact) mass is 520 g/mol. The van der Waals surface area contributed by atoms with Gasteiger partial charge in [-0.15, -0.1) is 0 Å². The summed E-state index contributed by atoms with van der Waals surface area (Å²) in [5.41, 5.74) is 0.525. The molecule has 2 amide bonds. The molecule has 3 aliphatic heterocycles. The fraction of sp³-hybridized carbons (Fsp3) is 0.538. The van der Waals surface area contributed by atoms with Gasteiger partial charge in [0.1, 0.15) is 23.0 Å². The summed E-state index contributed by atoms with van der Waals surface area (Å²) in [5.74, 6) is 0.117. The molecule has 0 radical (unpaired) electrons. The van der Waals surface area contributed by atoms with Crippen molar-refractivity contribution in [1.29, 1.82) is 0 Å². The maximum atomic E-state index is 13.0. The number of allylic oxidation sites excluding steroid dienone is 3. The molecule has 3 N–H and O–H groups in total. The van der Waals surface area contributed by atoms with Crippen LogP contribution in [0.4, 0.5) is 10.5 Å². The first-order valence-corrected chi connectivity index (χ1v) is 12.4. The van der Waals surface area contributed by atoms with Crippen LogP contribution >= 0.6 is 11.6 Å². The molecule has 0 saturated carbocycles. The quantitative estimate of drug-likeness (QED) is 0.486. The Morgan fingerprint density at radius 3 is 2.75 bits per heavy atom. The molecule has 0 aliphatic carbocycles. The Labute approximate surface area is 215 Å². The fourth-order valence-electron chi connectivity index (χ4n) is 4.86. The third-order valence-electron chi connectivity index (χ3n) is 7.14. The van der Waals surface area contributed by atoms with E-state index in [2.05, 4.69) is 5.32 Å². The van der Waals surface area contributed by atoms with Gasteiger partial charge < -0.3 is 29.3 Å². The van der Waals surface area contributed by atoms with Gasteiger partial charge >= 0.3 is 6.09 Å². The van der Waals surface area contributed by atoms with Crippen molar-refractivity contribution in [3.05, 3.63) is 46.5 Å². The van der Waals surface area contributed by atoms with Gasteiger partial charge in [-0.05, 0) is 37.5 Å². The van der Waals surface area contributed by atoms with Crippen LogP contribution in [-0.2, 0) is 20.7 Å². The molecule has 6 atom stereocenters. The molecule has 1 aromatic rings. The first-order valence-electron chi connectivity index (χ1n) is 12.0. The second-order valence-corrected chi connectivity index (χ2v) is 10.2. The summed E-state index contributed by atoms with van der Waals surface area (Å²) in [4.78, 5) is 26.8. The number of epoxide rings is 1. The molecule has 0 unspecified atom stereocenters. The van der Waals surface area contributed by atoms with Gasteiger partial charge in [0.2, 0.25) is 5.91 Å². The normalized spacial score (nSPS) is 35.6. The Kier molecular flexibility index (Phi) is 7.66. The largest absolute Gasteiger partial charge is 0.495 e. The summed E-state index contributed by atoms with van der Waals surface area (Å²) in [5, 5.41) is 24.5. The molecule has 3 aliphatic rings. The second-order valence-electron chi connectivity index (χ2n) is 9.84. The number of methoxy groups -OCH3 is 1. The SMILES string of the molecule is COc1cc2cc(c1Cl)N(C)C(=O)CC[C@@H]1O[C@H]1[C@H](C)[C@@H]1C[C@@](O)(NC(=O)O1)[C@H](O)/C=C/C=C(\C)C2. The number of ether oxygens (including phenoxy) is 3. The molecule has 0 aromatic heterocycles. The van der Waals surface area contributed by atoms with Crippen molar-refractivity contribution < 1.29 is 34.0 Å². The highest BCUT2D eigenvalue weighted by molar-refractivity contribution is 6.35. The lowest BCUT2D eigenvalue weighted by Crippen LogP contribution is -2.63.